The van der Waals surface area contributed by atoms with Gasteiger partial charge in [-0.2, -0.15) is 0 Å². The molecule has 5 rings (SSSR count). The predicted molar refractivity (Wildman–Crippen MR) is 132 cm³/mol. The van der Waals surface area contributed by atoms with Crippen molar-refractivity contribution in [2.24, 2.45) is 11.8 Å². The highest BCUT2D eigenvalue weighted by Crippen LogP contribution is 2.65. The van der Waals surface area contributed by atoms with Gasteiger partial charge in [-0.3, -0.25) is 14.4 Å². The van der Waals surface area contributed by atoms with E-state index in [1.54, 1.807) is 28.6 Å². The molecule has 3 amide bonds. The van der Waals surface area contributed by atoms with E-state index in [-0.39, 0.29) is 30.4 Å². The number of thioether (sulfide) groups is 1. The third-order valence-electron chi connectivity index (χ3n) is 8.82. The molecule has 0 radical (unpaired) electrons. The van der Waals surface area contributed by atoms with Crippen LogP contribution in [0.25, 0.3) is 0 Å². The monoisotopic (exact) mass is 487 g/mol. The predicted octanol–water partition coefficient (Wildman–Crippen LogP) is 2.20. The molecule has 1 aliphatic carbocycles. The molecular weight excluding hydrogens is 450 g/mol. The Hall–Kier alpha value is -1.80. The molecule has 4 heterocycles. The quantitative estimate of drug-likeness (QED) is 0.615. The number of carbonyl (C=O) groups is 3. The van der Waals surface area contributed by atoms with E-state index in [1.807, 2.05) is 24.8 Å². The summed E-state index contributed by atoms with van der Waals surface area (Å²) in [5.74, 6) is -1.39. The summed E-state index contributed by atoms with van der Waals surface area (Å²) >= 11 is 1.62. The van der Waals surface area contributed by atoms with Crippen LogP contribution in [0.2, 0.25) is 0 Å². The maximum Gasteiger partial charge on any atom is 0.247 e. The number of nitrogens with zero attached hydrogens (tertiary/aromatic N) is 3. The summed E-state index contributed by atoms with van der Waals surface area (Å²) in [4.78, 5) is 47.5. The Balaban J connectivity index is 1.64. The maximum atomic E-state index is 14.4. The first-order valence-corrected chi connectivity index (χ1v) is 13.6. The van der Waals surface area contributed by atoms with Crippen molar-refractivity contribution in [1.82, 2.24) is 14.7 Å². The van der Waals surface area contributed by atoms with Crippen molar-refractivity contribution in [2.45, 2.75) is 80.0 Å². The van der Waals surface area contributed by atoms with E-state index in [0.717, 1.165) is 25.7 Å². The Bertz CT molecular complexity index is 927. The van der Waals surface area contributed by atoms with Gasteiger partial charge in [-0.15, -0.1) is 11.8 Å². The number of fused-ring (bicyclic) bond motifs is 2. The van der Waals surface area contributed by atoms with Gasteiger partial charge in [0.2, 0.25) is 17.7 Å². The van der Waals surface area contributed by atoms with Crippen molar-refractivity contribution in [3.63, 3.8) is 0 Å². The number of hydrogen-bond donors (Lipinski definition) is 1. The summed E-state index contributed by atoms with van der Waals surface area (Å²) in [6.45, 7) is 4.85. The summed E-state index contributed by atoms with van der Waals surface area (Å²) in [6.07, 6.45) is 14.2. The molecule has 2 saturated heterocycles. The first-order chi connectivity index (χ1) is 16.3. The van der Waals surface area contributed by atoms with Gasteiger partial charge in [-0.1, -0.05) is 50.5 Å². The van der Waals surface area contributed by atoms with Crippen LogP contribution in [0.15, 0.2) is 24.3 Å². The molecule has 0 aromatic carbocycles. The van der Waals surface area contributed by atoms with Crippen LogP contribution in [0.5, 0.6) is 0 Å². The number of carbonyl (C=O) groups excluding carboxylic acids is 3. The molecule has 5 aliphatic rings. The highest BCUT2D eigenvalue weighted by Gasteiger charge is 2.74. The van der Waals surface area contributed by atoms with Crippen molar-refractivity contribution < 1.29 is 19.5 Å². The van der Waals surface area contributed by atoms with Crippen LogP contribution >= 0.6 is 11.8 Å². The Morgan fingerprint density at radius 1 is 1.03 bits per heavy atom. The Kier molecular flexibility index (Phi) is 6.12. The lowest BCUT2D eigenvalue weighted by molar-refractivity contribution is -0.148. The van der Waals surface area contributed by atoms with Crippen molar-refractivity contribution >= 4 is 29.5 Å². The summed E-state index contributed by atoms with van der Waals surface area (Å²) < 4.78 is -1.39. The Morgan fingerprint density at radius 2 is 1.74 bits per heavy atom. The van der Waals surface area contributed by atoms with E-state index in [9.17, 15) is 19.5 Å². The maximum absolute atomic E-state index is 14.4. The number of amides is 3. The summed E-state index contributed by atoms with van der Waals surface area (Å²) in [5, 5.41) is 10.2. The van der Waals surface area contributed by atoms with E-state index in [2.05, 4.69) is 18.2 Å². The smallest absolute Gasteiger partial charge is 0.247 e. The lowest BCUT2D eigenvalue weighted by Gasteiger charge is -2.41. The topological polar surface area (TPSA) is 81.2 Å². The van der Waals surface area contributed by atoms with E-state index < -0.39 is 33.4 Å². The molecule has 6 atom stereocenters. The first kappa shape index (κ1) is 23.9. The number of rotatable bonds is 4. The third kappa shape index (κ3) is 3.31. The van der Waals surface area contributed by atoms with Gasteiger partial charge < -0.3 is 19.8 Å². The van der Waals surface area contributed by atoms with Gasteiger partial charge in [-0.05, 0) is 26.2 Å². The minimum Gasteiger partial charge on any atom is -0.394 e. The fraction of sp³-hybridized carbons (Fsp3) is 0.731. The molecule has 4 aliphatic heterocycles. The van der Waals surface area contributed by atoms with Crippen molar-refractivity contribution in [2.75, 3.05) is 26.7 Å². The number of likely N-dealkylation sites (N-methyl/N-ethyl adjacent to an activating group) is 1. The zero-order valence-electron chi connectivity index (χ0n) is 20.5. The van der Waals surface area contributed by atoms with Gasteiger partial charge >= 0.3 is 0 Å². The summed E-state index contributed by atoms with van der Waals surface area (Å²) in [6, 6.07) is -0.959. The van der Waals surface area contributed by atoms with Crippen LogP contribution in [0.3, 0.4) is 0 Å². The van der Waals surface area contributed by atoms with E-state index in [1.165, 1.54) is 6.42 Å². The average Bonchev–Trinajstić information content (AvgIpc) is 3.10. The molecule has 0 bridgehead atoms. The molecule has 34 heavy (non-hydrogen) atoms. The van der Waals surface area contributed by atoms with Gasteiger partial charge in [0.05, 0.1) is 29.2 Å². The van der Waals surface area contributed by atoms with Crippen LogP contribution < -0.4 is 0 Å². The van der Waals surface area contributed by atoms with E-state index >= 15 is 0 Å². The number of likely N-dealkylation sites (tertiary alicyclic amines) is 1. The van der Waals surface area contributed by atoms with Crippen molar-refractivity contribution in [1.29, 1.82) is 0 Å². The van der Waals surface area contributed by atoms with Crippen LogP contribution in [0, 0.1) is 11.8 Å². The van der Waals surface area contributed by atoms with Crippen LogP contribution in [0.4, 0.5) is 0 Å². The first-order valence-electron chi connectivity index (χ1n) is 12.8. The molecule has 3 fully saturated rings. The van der Waals surface area contributed by atoms with Gasteiger partial charge in [-0.25, -0.2) is 0 Å². The van der Waals surface area contributed by atoms with Gasteiger partial charge in [0.15, 0.2) is 0 Å². The summed E-state index contributed by atoms with van der Waals surface area (Å²) in [5.41, 5.74) is 0. The molecule has 1 spiro atoms. The minimum atomic E-state index is -0.822. The zero-order chi connectivity index (χ0) is 24.3. The molecule has 0 aromatic rings. The SMILES string of the molecule is CC[C@@H](CO)N1C(=O)[C@@H]2[C@@H]3C(=O)N(C)CC=C[C@]3(C)S[C@@]23C=CCN(C2CCCCC2)C(=O)C13. The molecule has 0 aromatic heterocycles. The number of hydrogen-bond acceptors (Lipinski definition) is 5. The summed E-state index contributed by atoms with van der Waals surface area (Å²) in [7, 11) is 1.78. The molecule has 1 N–H and O–H groups in total. The Labute approximate surface area is 206 Å². The third-order valence-corrected chi connectivity index (χ3v) is 10.6. The molecule has 8 heteroatoms. The van der Waals surface area contributed by atoms with Crippen LogP contribution in [0.1, 0.15) is 52.4 Å². The highest BCUT2D eigenvalue weighted by atomic mass is 32.2. The highest BCUT2D eigenvalue weighted by molar-refractivity contribution is 8.02. The molecule has 7 nitrogen and oxygen atoms in total. The second-order valence-electron chi connectivity index (χ2n) is 10.8. The second kappa shape index (κ2) is 8.70. The van der Waals surface area contributed by atoms with Gasteiger partial charge in [0.25, 0.3) is 0 Å². The van der Waals surface area contributed by atoms with Crippen molar-refractivity contribution in [3.8, 4) is 0 Å². The van der Waals surface area contributed by atoms with Crippen molar-refractivity contribution in [3.05, 3.63) is 24.3 Å². The molecular formula is C26H37N3O4S. The van der Waals surface area contributed by atoms with E-state index in [0.29, 0.717) is 19.5 Å². The largest absolute Gasteiger partial charge is 0.394 e. The molecule has 186 valence electrons. The zero-order valence-corrected chi connectivity index (χ0v) is 21.3. The lowest BCUT2D eigenvalue weighted by Crippen LogP contribution is -2.58. The van der Waals surface area contributed by atoms with Gasteiger partial charge in [0, 0.05) is 30.9 Å². The fourth-order valence-electron chi connectivity index (χ4n) is 7.13. The second-order valence-corrected chi connectivity index (χ2v) is 12.6. The average molecular weight is 488 g/mol. The fourth-order valence-corrected chi connectivity index (χ4v) is 9.27. The standard InChI is InChI=1S/C26H37N3O4S/c1-4-17(16-30)29-21-24(33)28(18-10-6-5-7-11-18)15-9-13-26(21)20(23(29)32)19-22(31)27(3)14-8-12-25(19,2)34-26/h8-9,12-13,17-21,30H,4-7,10-11,14-16H2,1-3H3/t17-,19+,20-,21?,25-,26-/m0/s1. The minimum absolute atomic E-state index is 0.0167. The van der Waals surface area contributed by atoms with E-state index in [4.69, 9.17) is 0 Å². The Morgan fingerprint density at radius 3 is 2.41 bits per heavy atom. The number of aliphatic hydroxyl groups is 1. The molecule has 1 saturated carbocycles. The lowest BCUT2D eigenvalue weighted by atomic mass is 9.74. The number of aliphatic hydroxyl groups excluding tert-OH is 1. The van der Waals surface area contributed by atoms with Crippen LogP contribution in [-0.4, -0.2) is 91.9 Å². The molecule has 1 unspecified atom stereocenters. The normalized spacial score (nSPS) is 39.1. The van der Waals surface area contributed by atoms with Crippen LogP contribution in [-0.2, 0) is 14.4 Å². The van der Waals surface area contributed by atoms with Gasteiger partial charge in [0.1, 0.15) is 6.04 Å².